The van der Waals surface area contributed by atoms with Gasteiger partial charge in [-0.1, -0.05) is 200 Å². The van der Waals surface area contributed by atoms with Crippen LogP contribution in [0.3, 0.4) is 0 Å². The highest BCUT2D eigenvalue weighted by molar-refractivity contribution is 5.66. The number of nitrogens with zero attached hydrogens (tertiary/aromatic N) is 5. The smallest absolute Gasteiger partial charge is 0.201 e. The van der Waals surface area contributed by atoms with Gasteiger partial charge in [-0.2, -0.15) is 0 Å². The van der Waals surface area contributed by atoms with Gasteiger partial charge in [0, 0.05) is 101 Å². The van der Waals surface area contributed by atoms with Gasteiger partial charge >= 0.3 is 0 Å². The number of aryl methyl sites for hydroxylation is 15. The zero-order chi connectivity index (χ0) is 83.4. The van der Waals surface area contributed by atoms with Crippen molar-refractivity contribution in [2.75, 3.05) is 0 Å². The Morgan fingerprint density at radius 2 is 0.505 bits per heavy atom. The molecule has 0 N–H and O–H groups in total. The van der Waals surface area contributed by atoms with Crippen molar-refractivity contribution in [2.45, 2.75) is 227 Å². The summed E-state index contributed by atoms with van der Waals surface area (Å²) >= 11 is 0. The van der Waals surface area contributed by atoms with Crippen LogP contribution in [0.1, 0.15) is 273 Å². The predicted molar refractivity (Wildman–Crippen MR) is 425 cm³/mol. The molecule has 0 bridgehead atoms. The summed E-state index contributed by atoms with van der Waals surface area (Å²) in [4.78, 5) is 0. The molecule has 0 atom stereocenters. The van der Waals surface area contributed by atoms with E-state index in [0.717, 1.165) is 72.7 Å². The van der Waals surface area contributed by atoms with E-state index in [4.69, 9.17) is 15.1 Å². The lowest BCUT2D eigenvalue weighted by Crippen LogP contribution is -2.32. The molecule has 0 saturated heterocycles. The van der Waals surface area contributed by atoms with Crippen molar-refractivity contribution in [2.24, 2.45) is 35.2 Å². The van der Waals surface area contributed by atoms with Gasteiger partial charge in [-0.15, -0.1) is 0 Å². The summed E-state index contributed by atoms with van der Waals surface area (Å²) in [6.45, 7) is 44.7. The number of hydrogen-bond acceptors (Lipinski definition) is 0. The van der Waals surface area contributed by atoms with E-state index in [1.54, 1.807) is 24.3 Å². The van der Waals surface area contributed by atoms with Crippen LogP contribution in [0.15, 0.2) is 164 Å². The standard InChI is InChI=1S/C20H28N.2C19H26N.2C18H24N/c1-13(2)18-11-20(21(7)12-19(18)14(3)4)17-9-8-15(5)10-16(17)6;2*1-13(2)17-11-19(16-10-8-7-9-15(16)5)20(6)12-18(17)14(3)4;2*1-12(2)17-11-19(6)18(10-15(17)5)16-8-7-13(3)9-14(16)4/h8-14H,1-7H3;2*7-14H,1-6H3;2*7-12H,1-6H3/q5*+1/i5D3,13D,14D;13D,14D;;3D3,12D;. The van der Waals surface area contributed by atoms with Crippen LogP contribution < -0.4 is 22.8 Å². The maximum Gasteiger partial charge on any atom is 0.212 e. The van der Waals surface area contributed by atoms with Crippen molar-refractivity contribution in [1.29, 1.82) is 0 Å². The van der Waals surface area contributed by atoms with Crippen molar-refractivity contribution in [1.82, 2.24) is 0 Å². The Bertz CT molecular complexity index is 4910. The Balaban J connectivity index is 0.000000216. The molecule has 0 spiro atoms. The fraction of sp³-hybridized carbons (Fsp3) is 0.415. The van der Waals surface area contributed by atoms with E-state index < -0.39 is 43.2 Å². The molecule has 5 aromatic heterocycles. The van der Waals surface area contributed by atoms with Crippen molar-refractivity contribution >= 4 is 0 Å². The van der Waals surface area contributed by atoms with Gasteiger partial charge in [-0.3, -0.25) is 0 Å². The molecule has 5 heterocycles. The molecular formula is C94H128N5+5. The highest BCUT2D eigenvalue weighted by Gasteiger charge is 2.25. The number of hydrogen-bond donors (Lipinski definition) is 0. The fourth-order valence-corrected chi connectivity index (χ4v) is 13.3. The molecule has 10 aromatic rings. The van der Waals surface area contributed by atoms with Gasteiger partial charge in [-0.25, -0.2) is 22.8 Å². The summed E-state index contributed by atoms with van der Waals surface area (Å²) < 4.78 is 98.0. The third-order valence-electron chi connectivity index (χ3n) is 19.0. The highest BCUT2D eigenvalue weighted by atomic mass is 14.9. The second-order valence-electron chi connectivity index (χ2n) is 29.6. The second-order valence-corrected chi connectivity index (χ2v) is 29.6. The Morgan fingerprint density at radius 1 is 0.242 bits per heavy atom. The monoisotopic (exact) mass is 1340 g/mol. The van der Waals surface area contributed by atoms with E-state index in [1.165, 1.54) is 72.6 Å². The number of pyridine rings is 5. The van der Waals surface area contributed by atoms with Gasteiger partial charge in [0.2, 0.25) is 28.5 Å². The van der Waals surface area contributed by atoms with E-state index in [2.05, 4.69) is 195 Å². The average Bonchev–Trinajstić information content (AvgIpc) is 0.784. The molecule has 0 aliphatic carbocycles. The van der Waals surface area contributed by atoms with Gasteiger partial charge in [0.05, 0.1) is 0 Å². The molecule has 0 saturated carbocycles. The zero-order valence-electron chi connectivity index (χ0n) is 77.1. The lowest BCUT2D eigenvalue weighted by molar-refractivity contribution is -0.661. The van der Waals surface area contributed by atoms with Gasteiger partial charge in [0.25, 0.3) is 0 Å². The third-order valence-corrected chi connectivity index (χ3v) is 19.0. The van der Waals surface area contributed by atoms with E-state index in [1.807, 2.05) is 169 Å². The van der Waals surface area contributed by atoms with Crippen molar-refractivity contribution in [3.63, 3.8) is 0 Å². The lowest BCUT2D eigenvalue weighted by atomic mass is 9.90. The van der Waals surface area contributed by atoms with Crippen LogP contribution >= 0.6 is 0 Å². The summed E-state index contributed by atoms with van der Waals surface area (Å²) in [7, 11) is 10.2. The normalized spacial score (nSPS) is 13.7. The van der Waals surface area contributed by atoms with Crippen LogP contribution in [-0.4, -0.2) is 0 Å². The predicted octanol–water partition coefficient (Wildman–Crippen LogP) is 23.0. The van der Waals surface area contributed by atoms with Crippen LogP contribution in [0.4, 0.5) is 0 Å². The fourth-order valence-electron chi connectivity index (χ4n) is 13.3. The van der Waals surface area contributed by atoms with Gasteiger partial charge < -0.3 is 0 Å². The highest BCUT2D eigenvalue weighted by Crippen LogP contribution is 2.34. The molecular weight excluding hydrogens is 1200 g/mol. The molecule has 524 valence electrons. The summed E-state index contributed by atoms with van der Waals surface area (Å²) in [5.41, 5.74) is 30.3. The summed E-state index contributed by atoms with van der Waals surface area (Å²) in [5, 5.41) is 0. The molecule has 0 amide bonds. The van der Waals surface area contributed by atoms with Crippen molar-refractivity contribution in [3.05, 3.63) is 265 Å². The van der Waals surface area contributed by atoms with Crippen LogP contribution in [0.2, 0.25) is 0 Å². The minimum Gasteiger partial charge on any atom is -0.201 e. The molecule has 5 aromatic carbocycles. The van der Waals surface area contributed by atoms with Crippen LogP contribution in [0.5, 0.6) is 0 Å². The molecule has 0 unspecified atom stereocenters. The third kappa shape index (κ3) is 20.3. The van der Waals surface area contributed by atoms with Crippen LogP contribution in [0.25, 0.3) is 56.3 Å². The largest absolute Gasteiger partial charge is 0.212 e. The minimum atomic E-state index is -2.13. The lowest BCUT2D eigenvalue weighted by Gasteiger charge is -2.16. The Labute approximate surface area is 618 Å². The molecule has 99 heavy (non-hydrogen) atoms. The quantitative estimate of drug-likeness (QED) is 0.103. The molecule has 0 radical (unpaired) electrons. The van der Waals surface area contributed by atoms with E-state index in [9.17, 15) is 0 Å². The second kappa shape index (κ2) is 35.3. The van der Waals surface area contributed by atoms with Crippen molar-refractivity contribution < 1.29 is 37.9 Å². The van der Waals surface area contributed by atoms with Crippen LogP contribution in [0, 0.1) is 69.1 Å². The maximum absolute atomic E-state index is 8.53. The molecule has 10 rings (SSSR count). The minimum absolute atomic E-state index is 0.325. The first kappa shape index (κ1) is 64.2. The van der Waals surface area contributed by atoms with E-state index in [-0.39, 0.29) is 0 Å². The Morgan fingerprint density at radius 3 is 0.818 bits per heavy atom. The summed E-state index contributed by atoms with van der Waals surface area (Å²) in [6, 6.07) is 44.8. The topological polar surface area (TPSA) is 19.4 Å². The molecule has 0 aliphatic heterocycles. The maximum atomic E-state index is 8.53. The number of benzene rings is 5. The first-order chi connectivity index (χ1) is 50.4. The van der Waals surface area contributed by atoms with Gasteiger partial charge in [-0.05, 0) is 202 Å². The summed E-state index contributed by atoms with van der Waals surface area (Å²) in [5.74, 6) is -2.09. The summed E-state index contributed by atoms with van der Waals surface area (Å²) in [6.07, 6.45) is 10.5. The molecule has 0 aliphatic rings. The Hall–Kier alpha value is -8.15. The SMILES string of the molecule is Cc1ccc(-c2cc(C)c(C(C)C)c[n+]2C)c(C)c1.Cc1ccccc1-c1cc(C(C)C)c(C(C)C)c[n+]1C.[2H]C(C)(C)c1cc(-c2ccccc2C)[n+](C)cc1C([2H])(C)C.[2H]C([2H])([2H])c1ccc(-c2cc(C([2H])(C)C)c(C([2H])(C)C)c[n+]2C)c(C)c1.[2H]C([2H])([2H])c1ccc(-c2cc(C)c(C([2H])(C)C)c[n+]2C)c(C)c1. The van der Waals surface area contributed by atoms with E-state index in [0.29, 0.717) is 28.9 Å². The molecule has 5 nitrogen and oxygen atoms in total. The average molecular weight is 1340 g/mol. The first-order valence-corrected chi connectivity index (χ1v) is 35.4. The van der Waals surface area contributed by atoms with E-state index >= 15 is 0 Å². The van der Waals surface area contributed by atoms with Gasteiger partial charge in [0.1, 0.15) is 35.2 Å². The molecule has 5 heteroatoms. The Kier molecular flexibility index (Phi) is 22.9. The molecule has 0 fully saturated rings. The number of aromatic nitrogens is 5. The van der Waals surface area contributed by atoms with Crippen LogP contribution in [-0.2, 0) is 35.2 Å². The zero-order valence-corrected chi connectivity index (χ0v) is 66.1. The number of rotatable bonds is 13. The van der Waals surface area contributed by atoms with Gasteiger partial charge in [0.15, 0.2) is 31.0 Å². The first-order valence-electron chi connectivity index (χ1n) is 40.9. The van der Waals surface area contributed by atoms with Crippen molar-refractivity contribution in [3.8, 4) is 56.3 Å².